The van der Waals surface area contributed by atoms with E-state index in [4.69, 9.17) is 0 Å². The van der Waals surface area contributed by atoms with Crippen LogP contribution < -0.4 is 0 Å². The molecule has 0 unspecified atom stereocenters. The number of aromatic nitrogens is 1. The molecule has 0 atom stereocenters. The molecule has 0 saturated carbocycles. The molecule has 1 aromatic carbocycles. The Hall–Kier alpha value is -1.98. The van der Waals surface area contributed by atoms with Crippen LogP contribution in [0.15, 0.2) is 30.3 Å². The van der Waals surface area contributed by atoms with Gasteiger partial charge in [0.25, 0.3) is 0 Å². The summed E-state index contributed by atoms with van der Waals surface area (Å²) < 4.78 is 15.1. The summed E-state index contributed by atoms with van der Waals surface area (Å²) in [4.78, 5) is 14.8. The number of ketones is 1. The predicted octanol–water partition coefficient (Wildman–Crippen LogP) is 2.87. The van der Waals surface area contributed by atoms with E-state index in [9.17, 15) is 14.3 Å². The van der Waals surface area contributed by atoms with Crippen LogP contribution in [0.2, 0.25) is 0 Å². The summed E-state index contributed by atoms with van der Waals surface area (Å²) in [5.41, 5.74) is 3.40. The minimum atomic E-state index is -0.273. The number of carbonyl (C=O) groups is 1. The van der Waals surface area contributed by atoms with E-state index in [-0.39, 0.29) is 17.7 Å². The zero-order valence-corrected chi connectivity index (χ0v) is 14.1. The molecule has 1 aliphatic rings. The molecule has 0 amide bonds. The number of likely N-dealkylation sites (tertiary alicyclic amines) is 1. The van der Waals surface area contributed by atoms with Crippen molar-refractivity contribution in [2.75, 3.05) is 19.6 Å². The van der Waals surface area contributed by atoms with Crippen LogP contribution in [0.3, 0.4) is 0 Å². The lowest BCUT2D eigenvalue weighted by Gasteiger charge is -2.28. The topological polar surface area (TPSA) is 45.5 Å². The third-order valence-corrected chi connectivity index (χ3v) is 4.74. The Bertz CT molecular complexity index is 729. The van der Waals surface area contributed by atoms with Gasteiger partial charge in [0.05, 0.1) is 12.6 Å². The van der Waals surface area contributed by atoms with Crippen molar-refractivity contribution < 1.29 is 14.3 Å². The lowest BCUT2D eigenvalue weighted by molar-refractivity contribution is 0.0710. The zero-order valence-electron chi connectivity index (χ0n) is 14.1. The average molecular weight is 330 g/mol. The number of aliphatic hydroxyl groups is 1. The molecule has 0 bridgehead atoms. The molecule has 3 rings (SSSR count). The normalized spacial score (nSPS) is 16.5. The van der Waals surface area contributed by atoms with Gasteiger partial charge in [-0.05, 0) is 57.0 Å². The summed E-state index contributed by atoms with van der Waals surface area (Å²) in [6.07, 6.45) is 1.21. The van der Waals surface area contributed by atoms with Gasteiger partial charge < -0.3 is 9.67 Å². The van der Waals surface area contributed by atoms with E-state index >= 15 is 0 Å². The van der Waals surface area contributed by atoms with Crippen molar-refractivity contribution in [1.29, 1.82) is 0 Å². The highest BCUT2D eigenvalue weighted by atomic mass is 19.1. The quantitative estimate of drug-likeness (QED) is 0.877. The number of aliphatic hydroxyl groups excluding tert-OH is 1. The van der Waals surface area contributed by atoms with Crippen molar-refractivity contribution in [2.45, 2.75) is 32.8 Å². The number of hydrogen-bond acceptors (Lipinski definition) is 3. The molecule has 1 saturated heterocycles. The van der Waals surface area contributed by atoms with Crippen LogP contribution in [-0.2, 0) is 0 Å². The molecule has 5 heteroatoms. The second-order valence-electron chi connectivity index (χ2n) is 6.53. The third kappa shape index (κ3) is 3.42. The van der Waals surface area contributed by atoms with Gasteiger partial charge in [0.15, 0.2) is 5.78 Å². The van der Waals surface area contributed by atoms with Crippen LogP contribution in [0, 0.1) is 19.7 Å². The van der Waals surface area contributed by atoms with E-state index in [0.717, 1.165) is 43.0 Å². The first kappa shape index (κ1) is 16.9. The summed E-state index contributed by atoms with van der Waals surface area (Å²) in [6, 6.07) is 8.19. The van der Waals surface area contributed by atoms with Gasteiger partial charge in [-0.2, -0.15) is 0 Å². The molecule has 1 fully saturated rings. The molecule has 1 aromatic heterocycles. The SMILES string of the molecule is Cc1cc(C(=O)CN2CCC(O)CC2)c(C)n1-c1ccc(F)cc1. The summed E-state index contributed by atoms with van der Waals surface area (Å²) in [6.45, 7) is 5.75. The molecule has 0 aliphatic carbocycles. The maximum absolute atomic E-state index is 13.1. The lowest BCUT2D eigenvalue weighted by Crippen LogP contribution is -2.39. The van der Waals surface area contributed by atoms with E-state index < -0.39 is 0 Å². The molecule has 1 N–H and O–H groups in total. The van der Waals surface area contributed by atoms with Crippen LogP contribution in [0.4, 0.5) is 4.39 Å². The highest BCUT2D eigenvalue weighted by Crippen LogP contribution is 2.22. The summed E-state index contributed by atoms with van der Waals surface area (Å²) in [5.74, 6) is -0.183. The number of hydrogen-bond donors (Lipinski definition) is 1. The van der Waals surface area contributed by atoms with Crippen molar-refractivity contribution in [3.05, 3.63) is 53.1 Å². The molecular formula is C19H23FN2O2. The maximum atomic E-state index is 13.1. The number of halogens is 1. The molecular weight excluding hydrogens is 307 g/mol. The Kier molecular flexibility index (Phi) is 4.83. The van der Waals surface area contributed by atoms with Gasteiger partial charge >= 0.3 is 0 Å². The van der Waals surface area contributed by atoms with Crippen molar-refractivity contribution in [3.8, 4) is 5.69 Å². The number of aryl methyl sites for hydroxylation is 1. The largest absolute Gasteiger partial charge is 0.393 e. The van der Waals surface area contributed by atoms with Gasteiger partial charge in [-0.25, -0.2) is 4.39 Å². The van der Waals surface area contributed by atoms with E-state index in [1.807, 2.05) is 24.5 Å². The van der Waals surface area contributed by atoms with Gasteiger partial charge in [-0.1, -0.05) is 0 Å². The van der Waals surface area contributed by atoms with Crippen LogP contribution in [-0.4, -0.2) is 46.1 Å². The molecule has 2 heterocycles. The Morgan fingerprint density at radius 2 is 1.83 bits per heavy atom. The number of benzene rings is 1. The molecule has 2 aromatic rings. The molecule has 0 spiro atoms. The zero-order chi connectivity index (χ0) is 17.3. The van der Waals surface area contributed by atoms with Crippen molar-refractivity contribution in [1.82, 2.24) is 9.47 Å². The highest BCUT2D eigenvalue weighted by molar-refractivity contribution is 5.99. The standard InChI is InChI=1S/C19H23FN2O2/c1-13-11-18(19(24)12-21-9-7-17(23)8-10-21)14(2)22(13)16-5-3-15(20)4-6-16/h3-6,11,17,23H,7-10,12H2,1-2H3. The van der Waals surface area contributed by atoms with E-state index in [2.05, 4.69) is 4.90 Å². The fourth-order valence-electron chi connectivity index (χ4n) is 3.40. The van der Waals surface area contributed by atoms with Gasteiger partial charge in [-0.15, -0.1) is 0 Å². The summed E-state index contributed by atoms with van der Waals surface area (Å²) in [7, 11) is 0. The third-order valence-electron chi connectivity index (χ3n) is 4.74. The van der Waals surface area contributed by atoms with Crippen molar-refractivity contribution >= 4 is 5.78 Å². The minimum Gasteiger partial charge on any atom is -0.393 e. The van der Waals surface area contributed by atoms with Crippen LogP contribution in [0.5, 0.6) is 0 Å². The van der Waals surface area contributed by atoms with Crippen LogP contribution >= 0.6 is 0 Å². The van der Waals surface area contributed by atoms with Crippen LogP contribution in [0.1, 0.15) is 34.6 Å². The maximum Gasteiger partial charge on any atom is 0.178 e. The van der Waals surface area contributed by atoms with Crippen molar-refractivity contribution in [2.24, 2.45) is 0 Å². The number of nitrogens with zero attached hydrogens (tertiary/aromatic N) is 2. The van der Waals surface area contributed by atoms with Crippen LogP contribution in [0.25, 0.3) is 5.69 Å². The monoisotopic (exact) mass is 330 g/mol. The average Bonchev–Trinajstić information content (AvgIpc) is 2.85. The van der Waals surface area contributed by atoms with Gasteiger partial charge in [0, 0.05) is 35.7 Å². The fraction of sp³-hybridized carbons (Fsp3) is 0.421. The number of carbonyl (C=O) groups excluding carboxylic acids is 1. The van der Waals surface area contributed by atoms with E-state index in [1.54, 1.807) is 12.1 Å². The first-order valence-corrected chi connectivity index (χ1v) is 8.34. The Morgan fingerprint density at radius 1 is 1.21 bits per heavy atom. The fourth-order valence-corrected chi connectivity index (χ4v) is 3.40. The molecule has 4 nitrogen and oxygen atoms in total. The lowest BCUT2D eigenvalue weighted by atomic mass is 10.1. The second kappa shape index (κ2) is 6.87. The number of piperidine rings is 1. The minimum absolute atomic E-state index is 0.0906. The smallest absolute Gasteiger partial charge is 0.178 e. The Morgan fingerprint density at radius 3 is 2.46 bits per heavy atom. The molecule has 0 radical (unpaired) electrons. The highest BCUT2D eigenvalue weighted by Gasteiger charge is 2.22. The summed E-state index contributed by atoms with van der Waals surface area (Å²) in [5, 5.41) is 9.57. The predicted molar refractivity (Wildman–Crippen MR) is 91.2 cm³/mol. The number of rotatable bonds is 4. The molecule has 128 valence electrons. The van der Waals surface area contributed by atoms with Gasteiger partial charge in [0.1, 0.15) is 5.82 Å². The van der Waals surface area contributed by atoms with E-state index in [0.29, 0.717) is 12.1 Å². The molecule has 24 heavy (non-hydrogen) atoms. The number of Topliss-reactive ketones (excluding diaryl/α,β-unsaturated/α-hetero) is 1. The molecule has 1 aliphatic heterocycles. The Labute approximate surface area is 141 Å². The van der Waals surface area contributed by atoms with Gasteiger partial charge in [-0.3, -0.25) is 9.69 Å². The van der Waals surface area contributed by atoms with E-state index in [1.165, 1.54) is 12.1 Å². The summed E-state index contributed by atoms with van der Waals surface area (Å²) >= 11 is 0. The second-order valence-corrected chi connectivity index (χ2v) is 6.53. The first-order chi connectivity index (χ1) is 11.5. The first-order valence-electron chi connectivity index (χ1n) is 8.34. The van der Waals surface area contributed by atoms with Crippen molar-refractivity contribution in [3.63, 3.8) is 0 Å². The van der Waals surface area contributed by atoms with Gasteiger partial charge in [0.2, 0.25) is 0 Å². The Balaban J connectivity index is 1.80.